The molecule has 0 bridgehead atoms. The summed E-state index contributed by atoms with van der Waals surface area (Å²) in [4.78, 5) is 25.8. The fourth-order valence-corrected chi connectivity index (χ4v) is 2.89. The fourth-order valence-electron chi connectivity index (χ4n) is 2.64. The maximum absolute atomic E-state index is 14.3. The van der Waals surface area contributed by atoms with E-state index >= 15 is 0 Å². The standard InChI is InChI=1S/C21H19ClFN3O4/c1-12-18(20(25-30-12)19-15(22)5-4-6-16(19)23)21(28)24-13-7-9-14(10-8-13)29-11-17(27)26(2)3/h4-10H,11H2,1-3H3,(H,24,28). The zero-order valence-corrected chi connectivity index (χ0v) is 17.3. The Balaban J connectivity index is 1.77. The number of anilines is 1. The van der Waals surface area contributed by atoms with Gasteiger partial charge in [-0.3, -0.25) is 9.59 Å². The zero-order valence-electron chi connectivity index (χ0n) is 16.5. The second-order valence-corrected chi connectivity index (χ2v) is 7.02. The summed E-state index contributed by atoms with van der Waals surface area (Å²) >= 11 is 6.10. The van der Waals surface area contributed by atoms with Gasteiger partial charge in [0, 0.05) is 19.8 Å². The van der Waals surface area contributed by atoms with Gasteiger partial charge in [-0.1, -0.05) is 22.8 Å². The van der Waals surface area contributed by atoms with Gasteiger partial charge in [-0.15, -0.1) is 0 Å². The Morgan fingerprint density at radius 2 is 1.90 bits per heavy atom. The first-order valence-corrected chi connectivity index (χ1v) is 9.30. The summed E-state index contributed by atoms with van der Waals surface area (Å²) in [6, 6.07) is 10.7. The van der Waals surface area contributed by atoms with E-state index < -0.39 is 11.7 Å². The molecule has 0 radical (unpaired) electrons. The minimum atomic E-state index is -0.612. The summed E-state index contributed by atoms with van der Waals surface area (Å²) in [5.74, 6) is -0.611. The van der Waals surface area contributed by atoms with Crippen LogP contribution < -0.4 is 10.1 Å². The van der Waals surface area contributed by atoms with Crippen LogP contribution in [0.1, 0.15) is 16.1 Å². The molecule has 156 valence electrons. The average Bonchev–Trinajstić information content (AvgIpc) is 3.08. The molecule has 2 aromatic carbocycles. The van der Waals surface area contributed by atoms with Gasteiger partial charge in [0.05, 0.1) is 10.6 Å². The van der Waals surface area contributed by atoms with Gasteiger partial charge >= 0.3 is 0 Å². The van der Waals surface area contributed by atoms with Crippen molar-refractivity contribution >= 4 is 29.1 Å². The van der Waals surface area contributed by atoms with Gasteiger partial charge in [0.1, 0.15) is 28.6 Å². The van der Waals surface area contributed by atoms with Gasteiger partial charge in [0.2, 0.25) is 0 Å². The van der Waals surface area contributed by atoms with E-state index in [1.54, 1.807) is 45.3 Å². The molecule has 7 nitrogen and oxygen atoms in total. The van der Waals surface area contributed by atoms with Gasteiger partial charge in [-0.2, -0.15) is 0 Å². The summed E-state index contributed by atoms with van der Waals surface area (Å²) in [6.45, 7) is 1.46. The minimum Gasteiger partial charge on any atom is -0.484 e. The number of halogens is 2. The summed E-state index contributed by atoms with van der Waals surface area (Å²) in [6.07, 6.45) is 0. The monoisotopic (exact) mass is 431 g/mol. The maximum Gasteiger partial charge on any atom is 0.261 e. The van der Waals surface area contributed by atoms with Crippen LogP contribution in [0.4, 0.5) is 10.1 Å². The molecular weight excluding hydrogens is 413 g/mol. The normalized spacial score (nSPS) is 10.6. The van der Waals surface area contributed by atoms with E-state index in [-0.39, 0.29) is 40.1 Å². The largest absolute Gasteiger partial charge is 0.484 e. The third kappa shape index (κ3) is 4.60. The van der Waals surface area contributed by atoms with E-state index in [2.05, 4.69) is 10.5 Å². The highest BCUT2D eigenvalue weighted by molar-refractivity contribution is 6.33. The topological polar surface area (TPSA) is 84.7 Å². The van der Waals surface area contributed by atoms with Crippen LogP contribution in [0.15, 0.2) is 47.0 Å². The highest BCUT2D eigenvalue weighted by atomic mass is 35.5. The lowest BCUT2D eigenvalue weighted by Gasteiger charge is -2.12. The Kier molecular flexibility index (Phi) is 6.37. The third-order valence-corrected chi connectivity index (χ3v) is 4.58. The van der Waals surface area contributed by atoms with Gasteiger partial charge in [0.15, 0.2) is 6.61 Å². The number of ether oxygens (including phenoxy) is 1. The second-order valence-electron chi connectivity index (χ2n) is 6.61. The molecule has 3 rings (SSSR count). The molecular formula is C21H19ClFN3O4. The van der Waals surface area contributed by atoms with Gasteiger partial charge in [-0.25, -0.2) is 4.39 Å². The highest BCUT2D eigenvalue weighted by Crippen LogP contribution is 2.33. The van der Waals surface area contributed by atoms with Crippen molar-refractivity contribution < 1.29 is 23.2 Å². The molecule has 0 saturated carbocycles. The molecule has 0 fully saturated rings. The Hall–Kier alpha value is -3.39. The molecule has 1 N–H and O–H groups in total. The summed E-state index contributed by atoms with van der Waals surface area (Å²) in [5.41, 5.74) is 0.571. The smallest absolute Gasteiger partial charge is 0.261 e. The molecule has 30 heavy (non-hydrogen) atoms. The Morgan fingerprint density at radius 3 is 2.53 bits per heavy atom. The van der Waals surface area contributed by atoms with Gasteiger partial charge < -0.3 is 19.5 Å². The molecule has 0 aliphatic rings. The maximum atomic E-state index is 14.3. The number of carbonyl (C=O) groups excluding carboxylic acids is 2. The van der Waals surface area contributed by atoms with Crippen LogP contribution in [0.5, 0.6) is 5.75 Å². The molecule has 3 aromatic rings. The van der Waals surface area contributed by atoms with E-state index in [9.17, 15) is 14.0 Å². The van der Waals surface area contributed by atoms with E-state index in [1.807, 2.05) is 0 Å². The quantitative estimate of drug-likeness (QED) is 0.633. The molecule has 0 spiro atoms. The number of amides is 2. The van der Waals surface area contributed by atoms with Crippen LogP contribution in [-0.4, -0.2) is 42.6 Å². The average molecular weight is 432 g/mol. The van der Waals surface area contributed by atoms with E-state index in [1.165, 1.54) is 23.1 Å². The van der Waals surface area contributed by atoms with Crippen molar-refractivity contribution in [3.63, 3.8) is 0 Å². The number of hydrogen-bond acceptors (Lipinski definition) is 5. The summed E-state index contributed by atoms with van der Waals surface area (Å²) < 4.78 is 24.8. The second kappa shape index (κ2) is 8.96. The number of nitrogens with zero attached hydrogens (tertiary/aromatic N) is 2. The van der Waals surface area contributed by atoms with Crippen LogP contribution in [0.3, 0.4) is 0 Å². The summed E-state index contributed by atoms with van der Waals surface area (Å²) in [5, 5.41) is 6.65. The van der Waals surface area contributed by atoms with Crippen LogP contribution >= 0.6 is 11.6 Å². The van der Waals surface area contributed by atoms with E-state index in [4.69, 9.17) is 20.9 Å². The van der Waals surface area contributed by atoms with Crippen LogP contribution in [-0.2, 0) is 4.79 Å². The molecule has 9 heteroatoms. The Labute approximate surface area is 177 Å². The van der Waals surface area contributed by atoms with Crippen molar-refractivity contribution in [1.82, 2.24) is 10.1 Å². The lowest BCUT2D eigenvalue weighted by molar-refractivity contribution is -0.130. The first-order valence-electron chi connectivity index (χ1n) is 8.93. The van der Waals surface area contributed by atoms with E-state index in [0.717, 1.165) is 0 Å². The fraction of sp³-hybridized carbons (Fsp3) is 0.190. The van der Waals surface area contributed by atoms with Crippen molar-refractivity contribution in [2.24, 2.45) is 0 Å². The van der Waals surface area contributed by atoms with Crippen molar-refractivity contribution in [3.05, 3.63) is 64.6 Å². The number of hydrogen-bond donors (Lipinski definition) is 1. The number of aromatic nitrogens is 1. The summed E-state index contributed by atoms with van der Waals surface area (Å²) in [7, 11) is 3.28. The molecule has 1 heterocycles. The molecule has 1 aromatic heterocycles. The number of aryl methyl sites for hydroxylation is 1. The third-order valence-electron chi connectivity index (χ3n) is 4.26. The van der Waals surface area contributed by atoms with Crippen molar-refractivity contribution in [2.75, 3.05) is 26.0 Å². The first-order chi connectivity index (χ1) is 14.3. The molecule has 0 saturated heterocycles. The number of rotatable bonds is 6. The van der Waals surface area contributed by atoms with Crippen LogP contribution in [0.25, 0.3) is 11.3 Å². The number of likely N-dealkylation sites (N-methyl/N-ethyl adjacent to an activating group) is 1. The van der Waals surface area contributed by atoms with Crippen molar-refractivity contribution in [3.8, 4) is 17.0 Å². The van der Waals surface area contributed by atoms with E-state index in [0.29, 0.717) is 11.4 Å². The van der Waals surface area contributed by atoms with Crippen LogP contribution in [0.2, 0.25) is 5.02 Å². The van der Waals surface area contributed by atoms with Crippen LogP contribution in [0, 0.1) is 12.7 Å². The van der Waals surface area contributed by atoms with Crippen molar-refractivity contribution in [1.29, 1.82) is 0 Å². The Bertz CT molecular complexity index is 1060. The first kappa shape index (κ1) is 21.3. The number of nitrogens with one attached hydrogen (secondary N) is 1. The van der Waals surface area contributed by atoms with Gasteiger partial charge in [-0.05, 0) is 43.3 Å². The lowest BCUT2D eigenvalue weighted by Crippen LogP contribution is -2.27. The zero-order chi connectivity index (χ0) is 21.8. The molecule has 0 aliphatic carbocycles. The molecule has 0 unspecified atom stereocenters. The predicted octanol–water partition coefficient (Wildman–Crippen LogP) is 4.16. The molecule has 0 aliphatic heterocycles. The predicted molar refractivity (Wildman–Crippen MR) is 110 cm³/mol. The number of benzene rings is 2. The SMILES string of the molecule is Cc1onc(-c2c(F)cccc2Cl)c1C(=O)Nc1ccc(OCC(=O)N(C)C)cc1. The highest BCUT2D eigenvalue weighted by Gasteiger charge is 2.25. The van der Waals surface area contributed by atoms with Crippen molar-refractivity contribution in [2.45, 2.75) is 6.92 Å². The molecule has 2 amide bonds. The number of carbonyl (C=O) groups is 2. The lowest BCUT2D eigenvalue weighted by atomic mass is 10.0. The minimum absolute atomic E-state index is 0.00419. The molecule has 0 atom stereocenters. The Morgan fingerprint density at radius 1 is 1.20 bits per heavy atom. The van der Waals surface area contributed by atoms with Gasteiger partial charge in [0.25, 0.3) is 11.8 Å².